The standard InChI is InChI=1S/C26H27BrN2O3/c1-2-32-24(30)14-22-16-31-15-21(19-8-10-23(27)11-9-19)12-13-26(17-28,18-29)25(22)20-6-4-3-5-7-20/h3-11,21-22,25H,2,12-16H2,1H3. The first-order chi connectivity index (χ1) is 15.5. The van der Waals surface area contributed by atoms with E-state index in [2.05, 4.69) is 28.1 Å². The van der Waals surface area contributed by atoms with Crippen molar-refractivity contribution < 1.29 is 14.3 Å². The minimum Gasteiger partial charge on any atom is -0.466 e. The van der Waals surface area contributed by atoms with Crippen LogP contribution in [0.25, 0.3) is 0 Å². The number of carbonyl (C=O) groups is 1. The van der Waals surface area contributed by atoms with Gasteiger partial charge in [0.2, 0.25) is 0 Å². The summed E-state index contributed by atoms with van der Waals surface area (Å²) in [7, 11) is 0. The predicted octanol–water partition coefficient (Wildman–Crippen LogP) is 5.73. The number of halogens is 1. The fraction of sp³-hybridized carbons (Fsp3) is 0.423. The Balaban J connectivity index is 2.01. The van der Waals surface area contributed by atoms with Gasteiger partial charge in [0, 0.05) is 22.2 Å². The molecular formula is C26H27BrN2O3. The van der Waals surface area contributed by atoms with E-state index in [1.807, 2.05) is 54.6 Å². The highest BCUT2D eigenvalue weighted by Crippen LogP contribution is 2.47. The van der Waals surface area contributed by atoms with Crippen molar-refractivity contribution >= 4 is 21.9 Å². The number of nitriles is 2. The van der Waals surface area contributed by atoms with E-state index in [9.17, 15) is 15.3 Å². The van der Waals surface area contributed by atoms with Crippen LogP contribution in [0.15, 0.2) is 59.1 Å². The van der Waals surface area contributed by atoms with Gasteiger partial charge >= 0.3 is 5.97 Å². The lowest BCUT2D eigenvalue weighted by atomic mass is 9.64. The second-order valence-electron chi connectivity index (χ2n) is 8.18. The Morgan fingerprint density at radius 2 is 1.78 bits per heavy atom. The molecule has 1 aliphatic heterocycles. The Morgan fingerprint density at radius 3 is 2.41 bits per heavy atom. The van der Waals surface area contributed by atoms with Gasteiger partial charge in [-0.15, -0.1) is 0 Å². The van der Waals surface area contributed by atoms with E-state index < -0.39 is 11.3 Å². The molecule has 1 aliphatic rings. The highest BCUT2D eigenvalue weighted by atomic mass is 79.9. The number of nitrogens with zero attached hydrogens (tertiary/aromatic N) is 2. The first-order valence-electron chi connectivity index (χ1n) is 10.9. The summed E-state index contributed by atoms with van der Waals surface area (Å²) in [6.45, 7) is 2.80. The van der Waals surface area contributed by atoms with Gasteiger partial charge in [-0.05, 0) is 43.0 Å². The minimum absolute atomic E-state index is 0.0574. The van der Waals surface area contributed by atoms with Gasteiger partial charge in [0.1, 0.15) is 0 Å². The molecular weight excluding hydrogens is 468 g/mol. The van der Waals surface area contributed by atoms with Crippen molar-refractivity contribution in [2.75, 3.05) is 19.8 Å². The third-order valence-corrected chi connectivity index (χ3v) is 6.70. The SMILES string of the molecule is CCOC(=O)CC1COCC(c2ccc(Br)cc2)CCC(C#N)(C#N)C1c1ccccc1. The summed E-state index contributed by atoms with van der Waals surface area (Å²) < 4.78 is 12.3. The van der Waals surface area contributed by atoms with Crippen LogP contribution in [0.3, 0.4) is 0 Å². The molecule has 5 nitrogen and oxygen atoms in total. The molecule has 6 heteroatoms. The molecule has 1 fully saturated rings. The van der Waals surface area contributed by atoms with Gasteiger partial charge < -0.3 is 9.47 Å². The number of benzene rings is 2. The van der Waals surface area contributed by atoms with Crippen molar-refractivity contribution in [2.24, 2.45) is 11.3 Å². The second-order valence-corrected chi connectivity index (χ2v) is 9.09. The van der Waals surface area contributed by atoms with E-state index in [0.29, 0.717) is 19.4 Å². The molecule has 0 radical (unpaired) electrons. The van der Waals surface area contributed by atoms with E-state index in [1.165, 1.54) is 0 Å². The molecule has 166 valence electrons. The Hall–Kier alpha value is -2.67. The summed E-state index contributed by atoms with van der Waals surface area (Å²) in [6, 6.07) is 22.3. The van der Waals surface area contributed by atoms with Gasteiger partial charge in [0.25, 0.3) is 0 Å². The summed E-state index contributed by atoms with van der Waals surface area (Å²) in [5, 5.41) is 20.6. The summed E-state index contributed by atoms with van der Waals surface area (Å²) in [5.41, 5.74) is 0.702. The summed E-state index contributed by atoms with van der Waals surface area (Å²) >= 11 is 3.47. The van der Waals surface area contributed by atoms with Crippen LogP contribution >= 0.6 is 15.9 Å². The first-order valence-corrected chi connectivity index (χ1v) is 11.7. The zero-order chi connectivity index (χ0) is 23.0. The van der Waals surface area contributed by atoms with Crippen molar-refractivity contribution in [1.82, 2.24) is 0 Å². The summed E-state index contributed by atoms with van der Waals surface area (Å²) in [6.07, 6.45) is 1.13. The molecule has 1 heterocycles. The van der Waals surface area contributed by atoms with Gasteiger partial charge in [-0.2, -0.15) is 10.5 Å². The second kappa shape index (κ2) is 11.3. The minimum atomic E-state index is -1.28. The maximum atomic E-state index is 12.4. The molecule has 32 heavy (non-hydrogen) atoms. The summed E-state index contributed by atoms with van der Waals surface area (Å²) in [4.78, 5) is 12.4. The van der Waals surface area contributed by atoms with Gasteiger partial charge in [0.05, 0.1) is 38.4 Å². The fourth-order valence-corrected chi connectivity index (χ4v) is 4.87. The zero-order valence-corrected chi connectivity index (χ0v) is 19.8. The third kappa shape index (κ3) is 5.57. The first kappa shape index (κ1) is 24.0. The Morgan fingerprint density at radius 1 is 1.09 bits per heavy atom. The fourth-order valence-electron chi connectivity index (χ4n) is 4.60. The molecule has 0 spiro atoms. The Bertz CT molecular complexity index is 965. The molecule has 2 aromatic carbocycles. The average molecular weight is 495 g/mol. The lowest BCUT2D eigenvalue weighted by Crippen LogP contribution is -2.35. The number of rotatable bonds is 5. The maximum Gasteiger partial charge on any atom is 0.306 e. The van der Waals surface area contributed by atoms with Gasteiger partial charge in [-0.1, -0.05) is 58.4 Å². The molecule has 3 unspecified atom stereocenters. The van der Waals surface area contributed by atoms with E-state index in [4.69, 9.17) is 9.47 Å². The molecule has 0 N–H and O–H groups in total. The molecule has 3 rings (SSSR count). The number of ether oxygens (including phenoxy) is 2. The van der Waals surface area contributed by atoms with Crippen LogP contribution in [0.2, 0.25) is 0 Å². The van der Waals surface area contributed by atoms with E-state index in [-0.39, 0.29) is 37.4 Å². The molecule has 1 saturated heterocycles. The van der Waals surface area contributed by atoms with Crippen molar-refractivity contribution in [3.05, 3.63) is 70.2 Å². The Kier molecular flexibility index (Phi) is 8.45. The smallest absolute Gasteiger partial charge is 0.306 e. The normalized spacial score (nSPS) is 22.9. The topological polar surface area (TPSA) is 83.1 Å². The number of carbonyl (C=O) groups excluding carboxylic acids is 1. The van der Waals surface area contributed by atoms with Crippen LogP contribution < -0.4 is 0 Å². The average Bonchev–Trinajstić information content (AvgIpc) is 2.88. The van der Waals surface area contributed by atoms with Crippen molar-refractivity contribution in [1.29, 1.82) is 10.5 Å². The van der Waals surface area contributed by atoms with E-state index >= 15 is 0 Å². The molecule has 2 aromatic rings. The van der Waals surface area contributed by atoms with Crippen LogP contribution in [0.5, 0.6) is 0 Å². The van der Waals surface area contributed by atoms with Crippen LogP contribution in [0, 0.1) is 34.0 Å². The van der Waals surface area contributed by atoms with Crippen molar-refractivity contribution in [2.45, 2.75) is 38.0 Å². The van der Waals surface area contributed by atoms with E-state index in [1.54, 1.807) is 6.92 Å². The molecule has 0 aliphatic carbocycles. The number of esters is 1. The molecule has 0 amide bonds. The van der Waals surface area contributed by atoms with E-state index in [0.717, 1.165) is 15.6 Å². The number of hydrogen-bond acceptors (Lipinski definition) is 5. The van der Waals surface area contributed by atoms with Crippen molar-refractivity contribution in [3.63, 3.8) is 0 Å². The van der Waals surface area contributed by atoms with Gasteiger partial charge in [0.15, 0.2) is 5.41 Å². The molecule has 0 bridgehead atoms. The third-order valence-electron chi connectivity index (χ3n) is 6.17. The van der Waals surface area contributed by atoms with Crippen molar-refractivity contribution in [3.8, 4) is 12.1 Å². The largest absolute Gasteiger partial charge is 0.466 e. The Labute approximate surface area is 198 Å². The highest BCUT2D eigenvalue weighted by molar-refractivity contribution is 9.10. The van der Waals surface area contributed by atoms with Crippen LogP contribution in [-0.4, -0.2) is 25.8 Å². The lowest BCUT2D eigenvalue weighted by molar-refractivity contribution is -0.145. The summed E-state index contributed by atoms with van der Waals surface area (Å²) in [5.74, 6) is -1.09. The maximum absolute atomic E-state index is 12.4. The van der Waals surface area contributed by atoms with Gasteiger partial charge in [-0.3, -0.25) is 4.79 Å². The highest BCUT2D eigenvalue weighted by Gasteiger charge is 2.46. The van der Waals surface area contributed by atoms with Gasteiger partial charge in [-0.25, -0.2) is 0 Å². The molecule has 0 aromatic heterocycles. The molecule has 3 atom stereocenters. The zero-order valence-electron chi connectivity index (χ0n) is 18.2. The van der Waals surface area contributed by atoms with Crippen LogP contribution in [0.4, 0.5) is 0 Å². The predicted molar refractivity (Wildman–Crippen MR) is 125 cm³/mol. The quantitative estimate of drug-likeness (QED) is 0.495. The lowest BCUT2D eigenvalue weighted by Gasteiger charge is -2.35. The monoisotopic (exact) mass is 494 g/mol. The van der Waals surface area contributed by atoms with Crippen LogP contribution in [0.1, 0.15) is 49.1 Å². The molecule has 0 saturated carbocycles. The number of hydrogen-bond donors (Lipinski definition) is 0. The van der Waals surface area contributed by atoms with Crippen LogP contribution in [-0.2, 0) is 14.3 Å².